The summed E-state index contributed by atoms with van der Waals surface area (Å²) in [6.45, 7) is 16.3. The fourth-order valence-corrected chi connectivity index (χ4v) is 10.9. The van der Waals surface area contributed by atoms with Crippen LogP contribution in [0.25, 0.3) is 0 Å². The van der Waals surface area contributed by atoms with Crippen LogP contribution >= 0.6 is 0 Å². The summed E-state index contributed by atoms with van der Waals surface area (Å²) >= 11 is 0. The molecule has 0 bridgehead atoms. The van der Waals surface area contributed by atoms with E-state index < -0.39 is 44.2 Å². The van der Waals surface area contributed by atoms with E-state index in [0.29, 0.717) is 13.0 Å². The molecule has 0 unspecified atom stereocenters. The van der Waals surface area contributed by atoms with Gasteiger partial charge in [-0.2, -0.15) is 0 Å². The fraction of sp³-hybridized carbons (Fsp3) is 0.254. The monoisotopic (exact) mass is 906 g/mol. The predicted molar refractivity (Wildman–Crippen MR) is 274 cm³/mol. The van der Waals surface area contributed by atoms with Gasteiger partial charge < -0.3 is 27.9 Å². The second-order valence-corrected chi connectivity index (χ2v) is 23.6. The van der Waals surface area contributed by atoms with E-state index in [2.05, 4.69) is 186 Å². The van der Waals surface area contributed by atoms with Gasteiger partial charge in [0, 0.05) is 5.82 Å². The van der Waals surface area contributed by atoms with Crippen LogP contribution in [0, 0.1) is 0 Å². The Bertz CT molecular complexity index is 2420. The van der Waals surface area contributed by atoms with Gasteiger partial charge in [-0.1, -0.05) is 203 Å². The van der Waals surface area contributed by atoms with Crippen LogP contribution in [0.3, 0.4) is 0 Å². The molecule has 0 spiro atoms. The summed E-state index contributed by atoms with van der Waals surface area (Å²) in [5, 5.41) is -0.106. The Labute approximate surface area is 399 Å². The first kappa shape index (κ1) is 47.5. The van der Waals surface area contributed by atoms with Crippen LogP contribution in [0.1, 0.15) is 66.1 Å². The van der Waals surface area contributed by atoms with Gasteiger partial charge in [0.1, 0.15) is 28.3 Å². The molecule has 1 fully saturated rings. The van der Waals surface area contributed by atoms with E-state index >= 15 is 0 Å². The lowest BCUT2D eigenvalue weighted by molar-refractivity contribution is -0.00429. The average molecular weight is 907 g/mol. The minimum Gasteiger partial charge on any atom is -0.497 e. The number of methoxy groups -OCH3 is 2. The smallest absolute Gasteiger partial charge is 0.468 e. The molecule has 1 saturated heterocycles. The highest BCUT2D eigenvalue weighted by Gasteiger charge is 2.67. The SMILES string of the molecule is C=C[C@H](B1OC(c2ccccc2)(c2ccccc2)C(c2ccccc2)(c2ccccc2)O1)[C@@H](CCOC(c1ccccc1)(c1ccc(OC)cc1)c1ccc(OC)cc1)O[Si](C)(C)C(C)(C)C. The Morgan fingerprint density at radius 1 is 0.537 bits per heavy atom. The summed E-state index contributed by atoms with van der Waals surface area (Å²) in [6.07, 6.45) is 2.04. The molecular weight excluding hydrogens is 844 g/mol. The summed E-state index contributed by atoms with van der Waals surface area (Å²) in [4.78, 5) is 0. The molecule has 8 heteroatoms. The van der Waals surface area contributed by atoms with E-state index in [1.807, 2.05) is 60.7 Å². The zero-order valence-electron chi connectivity index (χ0n) is 39.9. The zero-order chi connectivity index (χ0) is 47.1. The summed E-state index contributed by atoms with van der Waals surface area (Å²) in [7, 11) is 0.0675. The summed E-state index contributed by atoms with van der Waals surface area (Å²) in [6, 6.07) is 68.8. The fourth-order valence-electron chi connectivity index (χ4n) is 9.53. The molecule has 0 amide bonds. The zero-order valence-corrected chi connectivity index (χ0v) is 40.9. The molecule has 0 saturated carbocycles. The van der Waals surface area contributed by atoms with E-state index in [1.165, 1.54) is 0 Å². The predicted octanol–water partition coefficient (Wildman–Crippen LogP) is 13.8. The molecule has 1 heterocycles. The first-order chi connectivity index (χ1) is 32.4. The van der Waals surface area contributed by atoms with Crippen LogP contribution in [0.5, 0.6) is 11.5 Å². The second-order valence-electron chi connectivity index (χ2n) is 18.8. The van der Waals surface area contributed by atoms with Crippen LogP contribution in [-0.4, -0.2) is 42.4 Å². The van der Waals surface area contributed by atoms with Gasteiger partial charge in [0.25, 0.3) is 0 Å². The number of hydrogen-bond donors (Lipinski definition) is 0. The molecule has 0 aromatic heterocycles. The third-order valence-corrected chi connectivity index (χ3v) is 18.5. The van der Waals surface area contributed by atoms with Crippen molar-refractivity contribution in [2.45, 2.75) is 74.0 Å². The van der Waals surface area contributed by atoms with Crippen molar-refractivity contribution in [3.8, 4) is 11.5 Å². The molecule has 342 valence electrons. The van der Waals surface area contributed by atoms with Crippen molar-refractivity contribution < 1.29 is 27.9 Å². The van der Waals surface area contributed by atoms with Gasteiger partial charge >= 0.3 is 7.12 Å². The highest BCUT2D eigenvalue weighted by molar-refractivity contribution is 6.74. The maximum absolute atomic E-state index is 7.86. The first-order valence-corrected chi connectivity index (χ1v) is 26.2. The van der Waals surface area contributed by atoms with Gasteiger partial charge in [-0.25, -0.2) is 0 Å². The van der Waals surface area contributed by atoms with Gasteiger partial charge in [0.05, 0.1) is 26.9 Å². The Morgan fingerprint density at radius 2 is 0.881 bits per heavy atom. The van der Waals surface area contributed by atoms with Crippen molar-refractivity contribution in [3.63, 3.8) is 0 Å². The molecule has 8 rings (SSSR count). The van der Waals surface area contributed by atoms with Gasteiger partial charge in [0.15, 0.2) is 8.32 Å². The Kier molecular flexibility index (Phi) is 14.2. The quantitative estimate of drug-likeness (QED) is 0.0486. The molecule has 67 heavy (non-hydrogen) atoms. The molecule has 7 aromatic carbocycles. The molecular formula is C59H63BO6Si. The lowest BCUT2D eigenvalue weighted by atomic mass is 9.66. The lowest BCUT2D eigenvalue weighted by Crippen LogP contribution is -2.48. The number of hydrogen-bond acceptors (Lipinski definition) is 6. The van der Waals surface area contributed by atoms with Gasteiger partial charge in [-0.15, -0.1) is 6.58 Å². The second kappa shape index (κ2) is 20.1. The van der Waals surface area contributed by atoms with E-state index in [4.69, 9.17) is 27.9 Å². The minimum absolute atomic E-state index is 0.106. The van der Waals surface area contributed by atoms with E-state index in [-0.39, 0.29) is 5.04 Å². The largest absolute Gasteiger partial charge is 0.497 e. The lowest BCUT2D eigenvalue weighted by Gasteiger charge is -2.46. The number of benzene rings is 7. The van der Waals surface area contributed by atoms with Crippen LogP contribution in [-0.2, 0) is 35.3 Å². The van der Waals surface area contributed by atoms with Crippen molar-refractivity contribution >= 4 is 15.4 Å². The van der Waals surface area contributed by atoms with Crippen LogP contribution in [0.4, 0.5) is 0 Å². The highest BCUT2D eigenvalue weighted by Crippen LogP contribution is 2.60. The van der Waals surface area contributed by atoms with Gasteiger partial charge in [-0.3, -0.25) is 0 Å². The molecule has 0 radical (unpaired) electrons. The summed E-state index contributed by atoms with van der Waals surface area (Å²) in [5.74, 6) is 1.07. The molecule has 1 aliphatic heterocycles. The van der Waals surface area contributed by atoms with E-state index in [1.54, 1.807) is 14.2 Å². The average Bonchev–Trinajstić information content (AvgIpc) is 3.74. The Hall–Kier alpha value is -6.00. The molecule has 7 aromatic rings. The first-order valence-electron chi connectivity index (χ1n) is 23.3. The molecule has 2 atom stereocenters. The van der Waals surface area contributed by atoms with Crippen molar-refractivity contribution in [3.05, 3.63) is 252 Å². The summed E-state index contributed by atoms with van der Waals surface area (Å²) in [5.41, 5.74) is 3.44. The van der Waals surface area contributed by atoms with E-state index in [9.17, 15) is 0 Å². The van der Waals surface area contributed by atoms with Crippen molar-refractivity contribution in [1.82, 2.24) is 0 Å². The van der Waals surface area contributed by atoms with Gasteiger partial charge in [0.2, 0.25) is 0 Å². The van der Waals surface area contributed by atoms with Crippen molar-refractivity contribution in [2.75, 3.05) is 20.8 Å². The standard InChI is InChI=1S/C59H63BO6Si/c1-9-54(60-65-58(48-27-17-11-18-28-48,49-29-19-12-20-30-49)59(66-60,50-31-21-13-22-32-50)51-33-23-14-24-34-51)55(64-67(7,8)56(2,3)4)43-44-63-57(45-25-15-10-16-26-45,46-35-39-52(61-5)40-36-46)47-37-41-53(62-6)42-38-47/h9-42,54-55H,1,43-44H2,2-8H3/t54-,55+/m0/s1. The normalized spacial score (nSPS) is 15.7. The van der Waals surface area contributed by atoms with Crippen LogP contribution < -0.4 is 9.47 Å². The van der Waals surface area contributed by atoms with Crippen LogP contribution in [0.15, 0.2) is 213 Å². The maximum atomic E-state index is 7.86. The number of ether oxygens (including phenoxy) is 3. The van der Waals surface area contributed by atoms with Gasteiger partial charge in [-0.05, 0) is 87.8 Å². The molecule has 6 nitrogen and oxygen atoms in total. The van der Waals surface area contributed by atoms with E-state index in [0.717, 1.165) is 50.4 Å². The topological polar surface area (TPSA) is 55.4 Å². The van der Waals surface area contributed by atoms with Crippen molar-refractivity contribution in [2.24, 2.45) is 0 Å². The third-order valence-electron chi connectivity index (χ3n) is 14.0. The molecule has 0 aliphatic carbocycles. The highest BCUT2D eigenvalue weighted by atomic mass is 28.4. The maximum Gasteiger partial charge on any atom is 0.468 e. The Morgan fingerprint density at radius 3 is 1.21 bits per heavy atom. The molecule has 0 N–H and O–H groups in total. The molecule has 1 aliphatic rings. The Balaban J connectivity index is 1.28. The minimum atomic E-state index is -2.48. The third kappa shape index (κ3) is 8.97. The van der Waals surface area contributed by atoms with Crippen LogP contribution in [0.2, 0.25) is 23.9 Å². The number of rotatable bonds is 18. The summed E-state index contributed by atoms with van der Waals surface area (Å²) < 4.78 is 42.1. The van der Waals surface area contributed by atoms with Crippen molar-refractivity contribution in [1.29, 1.82) is 0 Å².